The van der Waals surface area contributed by atoms with E-state index in [1.807, 2.05) is 18.2 Å². The van der Waals surface area contributed by atoms with Crippen LogP contribution in [0, 0.1) is 0 Å². The predicted octanol–water partition coefficient (Wildman–Crippen LogP) is 5.24. The number of hydrogen-bond acceptors (Lipinski definition) is 2. The largest absolute Gasteiger partial charge is 0.457 e. The first kappa shape index (κ1) is 14.0. The van der Waals surface area contributed by atoms with E-state index in [0.717, 1.165) is 24.6 Å². The molecule has 0 radical (unpaired) electrons. The van der Waals surface area contributed by atoms with Crippen LogP contribution in [0.3, 0.4) is 0 Å². The van der Waals surface area contributed by atoms with Crippen LogP contribution >= 0.6 is 0 Å². The summed E-state index contributed by atoms with van der Waals surface area (Å²) in [6.45, 7) is 3.88. The predicted molar refractivity (Wildman–Crippen MR) is 94.8 cm³/mol. The lowest BCUT2D eigenvalue weighted by atomic mass is 9.81. The molecule has 0 aliphatic heterocycles. The maximum absolute atomic E-state index is 6.15. The van der Waals surface area contributed by atoms with Gasteiger partial charge in [0.25, 0.3) is 0 Å². The van der Waals surface area contributed by atoms with Crippen molar-refractivity contribution in [3.8, 4) is 33.8 Å². The van der Waals surface area contributed by atoms with Gasteiger partial charge in [-0.25, -0.2) is 0 Å². The fourth-order valence-electron chi connectivity index (χ4n) is 3.07. The Morgan fingerprint density at radius 3 is 2.30 bits per heavy atom. The SMILES string of the molecule is CCNCc1ccccc1Oc1ccc2c(c1)-c1ccccc1-2. The van der Waals surface area contributed by atoms with Crippen molar-refractivity contribution >= 4 is 0 Å². The number of hydrogen-bond donors (Lipinski definition) is 1. The van der Waals surface area contributed by atoms with Crippen molar-refractivity contribution < 1.29 is 4.74 Å². The molecule has 0 spiro atoms. The molecule has 0 unspecified atom stereocenters. The van der Waals surface area contributed by atoms with E-state index >= 15 is 0 Å². The second-order valence-corrected chi connectivity index (χ2v) is 5.74. The minimum Gasteiger partial charge on any atom is -0.457 e. The van der Waals surface area contributed by atoms with E-state index in [1.165, 1.54) is 27.8 Å². The van der Waals surface area contributed by atoms with Gasteiger partial charge in [-0.3, -0.25) is 0 Å². The van der Waals surface area contributed by atoms with Gasteiger partial charge in [-0.05, 0) is 47.0 Å². The fraction of sp³-hybridized carbons (Fsp3) is 0.143. The summed E-state index contributed by atoms with van der Waals surface area (Å²) in [4.78, 5) is 0. The molecule has 2 nitrogen and oxygen atoms in total. The molecule has 4 rings (SSSR count). The highest BCUT2D eigenvalue weighted by Crippen LogP contribution is 2.48. The molecule has 0 saturated heterocycles. The standard InChI is InChI=1S/C21H19NO/c1-2-22-14-15-7-3-6-10-21(15)23-16-11-12-19-17-8-4-5-9-18(17)20(19)13-16/h3-13,22H,2,14H2,1H3. The van der Waals surface area contributed by atoms with Crippen molar-refractivity contribution in [1.82, 2.24) is 5.32 Å². The first-order chi connectivity index (χ1) is 11.4. The number of ether oxygens (including phenoxy) is 1. The van der Waals surface area contributed by atoms with Crippen molar-refractivity contribution in [2.45, 2.75) is 13.5 Å². The molecule has 0 amide bonds. The first-order valence-electron chi connectivity index (χ1n) is 8.07. The monoisotopic (exact) mass is 301 g/mol. The molecular weight excluding hydrogens is 282 g/mol. The molecule has 1 aliphatic rings. The summed E-state index contributed by atoms with van der Waals surface area (Å²) in [5.74, 6) is 1.81. The Bertz CT molecular complexity index is 854. The molecule has 23 heavy (non-hydrogen) atoms. The summed E-state index contributed by atoms with van der Waals surface area (Å²) in [5, 5.41) is 3.36. The van der Waals surface area contributed by atoms with Gasteiger partial charge in [0.05, 0.1) is 0 Å². The van der Waals surface area contributed by atoms with Crippen LogP contribution in [0.4, 0.5) is 0 Å². The Hall–Kier alpha value is -2.58. The fourth-order valence-corrected chi connectivity index (χ4v) is 3.07. The van der Waals surface area contributed by atoms with Crippen LogP contribution in [0.5, 0.6) is 11.5 Å². The van der Waals surface area contributed by atoms with Gasteiger partial charge in [-0.1, -0.05) is 55.5 Å². The summed E-state index contributed by atoms with van der Waals surface area (Å²) >= 11 is 0. The molecule has 0 atom stereocenters. The summed E-state index contributed by atoms with van der Waals surface area (Å²) < 4.78 is 6.15. The van der Waals surface area contributed by atoms with Crippen molar-refractivity contribution in [2.24, 2.45) is 0 Å². The van der Waals surface area contributed by atoms with Gasteiger partial charge in [0.1, 0.15) is 11.5 Å². The highest BCUT2D eigenvalue weighted by molar-refractivity contribution is 6.02. The topological polar surface area (TPSA) is 21.3 Å². The smallest absolute Gasteiger partial charge is 0.131 e. The lowest BCUT2D eigenvalue weighted by Crippen LogP contribution is -2.12. The van der Waals surface area contributed by atoms with Gasteiger partial charge < -0.3 is 10.1 Å². The van der Waals surface area contributed by atoms with E-state index in [2.05, 4.69) is 60.8 Å². The lowest BCUT2D eigenvalue weighted by molar-refractivity contribution is 0.473. The van der Waals surface area contributed by atoms with Gasteiger partial charge in [-0.2, -0.15) is 0 Å². The minimum atomic E-state index is 0.820. The highest BCUT2D eigenvalue weighted by Gasteiger charge is 2.22. The number of nitrogens with one attached hydrogen (secondary N) is 1. The Morgan fingerprint density at radius 2 is 1.48 bits per heavy atom. The third-order valence-electron chi connectivity index (χ3n) is 4.26. The average molecular weight is 301 g/mol. The molecule has 0 bridgehead atoms. The van der Waals surface area contributed by atoms with Crippen LogP contribution in [0.2, 0.25) is 0 Å². The number of rotatable bonds is 5. The van der Waals surface area contributed by atoms with Crippen molar-refractivity contribution in [1.29, 1.82) is 0 Å². The van der Waals surface area contributed by atoms with E-state index in [4.69, 9.17) is 4.74 Å². The summed E-state index contributed by atoms with van der Waals surface area (Å²) in [5.41, 5.74) is 6.42. The van der Waals surface area contributed by atoms with Crippen LogP contribution in [0.25, 0.3) is 22.3 Å². The molecule has 2 heteroatoms. The van der Waals surface area contributed by atoms with Gasteiger partial charge in [0.2, 0.25) is 0 Å². The van der Waals surface area contributed by atoms with E-state index in [1.54, 1.807) is 0 Å². The summed E-state index contributed by atoms with van der Waals surface area (Å²) in [6.07, 6.45) is 0. The lowest BCUT2D eigenvalue weighted by Gasteiger charge is -2.24. The zero-order chi connectivity index (χ0) is 15.6. The Kier molecular flexibility index (Phi) is 3.60. The number of para-hydroxylation sites is 1. The molecular formula is C21H19NO. The second-order valence-electron chi connectivity index (χ2n) is 5.74. The van der Waals surface area contributed by atoms with Crippen molar-refractivity contribution in [3.63, 3.8) is 0 Å². The van der Waals surface area contributed by atoms with Crippen molar-refractivity contribution in [3.05, 3.63) is 72.3 Å². The average Bonchev–Trinajstić information content (AvgIpc) is 2.59. The van der Waals surface area contributed by atoms with Gasteiger partial charge in [0.15, 0.2) is 0 Å². The normalized spacial score (nSPS) is 11.3. The maximum Gasteiger partial charge on any atom is 0.131 e. The zero-order valence-corrected chi connectivity index (χ0v) is 13.2. The van der Waals surface area contributed by atoms with Crippen molar-refractivity contribution in [2.75, 3.05) is 6.54 Å². The summed E-state index contributed by atoms with van der Waals surface area (Å²) in [7, 11) is 0. The number of fused-ring (bicyclic) bond motifs is 4. The minimum absolute atomic E-state index is 0.820. The van der Waals surface area contributed by atoms with Crippen LogP contribution < -0.4 is 10.1 Å². The van der Waals surface area contributed by atoms with Crippen LogP contribution in [-0.2, 0) is 6.54 Å². The molecule has 0 saturated carbocycles. The molecule has 1 N–H and O–H groups in total. The van der Waals surface area contributed by atoms with E-state index in [9.17, 15) is 0 Å². The van der Waals surface area contributed by atoms with Crippen LogP contribution in [0.15, 0.2) is 66.7 Å². The second kappa shape index (κ2) is 5.90. The third-order valence-corrected chi connectivity index (χ3v) is 4.26. The highest BCUT2D eigenvalue weighted by atomic mass is 16.5. The van der Waals surface area contributed by atoms with Crippen LogP contribution in [0.1, 0.15) is 12.5 Å². The van der Waals surface area contributed by atoms with Gasteiger partial charge >= 0.3 is 0 Å². The molecule has 1 aliphatic carbocycles. The molecule has 0 aromatic heterocycles. The molecule has 3 aromatic carbocycles. The van der Waals surface area contributed by atoms with Gasteiger partial charge in [0, 0.05) is 12.1 Å². The maximum atomic E-state index is 6.15. The van der Waals surface area contributed by atoms with E-state index in [-0.39, 0.29) is 0 Å². The number of benzene rings is 3. The Labute approximate surface area is 136 Å². The molecule has 0 fully saturated rings. The van der Waals surface area contributed by atoms with E-state index < -0.39 is 0 Å². The Morgan fingerprint density at radius 1 is 0.783 bits per heavy atom. The van der Waals surface area contributed by atoms with Crippen LogP contribution in [-0.4, -0.2) is 6.54 Å². The van der Waals surface area contributed by atoms with Gasteiger partial charge in [-0.15, -0.1) is 0 Å². The first-order valence-corrected chi connectivity index (χ1v) is 8.07. The zero-order valence-electron chi connectivity index (χ0n) is 13.2. The molecule has 0 heterocycles. The molecule has 114 valence electrons. The quantitative estimate of drug-likeness (QED) is 0.544. The van der Waals surface area contributed by atoms with E-state index in [0.29, 0.717) is 0 Å². The third kappa shape index (κ3) is 2.51. The molecule has 3 aromatic rings. The Balaban J connectivity index is 1.61. The summed E-state index contributed by atoms with van der Waals surface area (Å²) in [6, 6.07) is 23.1.